The second-order valence-electron chi connectivity index (χ2n) is 5.87. The van der Waals surface area contributed by atoms with E-state index in [9.17, 15) is 4.79 Å². The van der Waals surface area contributed by atoms with Gasteiger partial charge in [-0.25, -0.2) is 0 Å². The van der Waals surface area contributed by atoms with Gasteiger partial charge in [0.05, 0.1) is 13.2 Å². The summed E-state index contributed by atoms with van der Waals surface area (Å²) < 4.78 is 4.92. The Balaban J connectivity index is 2.12. The first-order valence-corrected chi connectivity index (χ1v) is 8.27. The Kier molecular flexibility index (Phi) is 9.67. The van der Waals surface area contributed by atoms with E-state index >= 15 is 0 Å². The maximum atomic E-state index is 11.7. The van der Waals surface area contributed by atoms with E-state index in [1.54, 1.807) is 7.11 Å². The van der Waals surface area contributed by atoms with Gasteiger partial charge in [0.15, 0.2) is 0 Å². The summed E-state index contributed by atoms with van der Waals surface area (Å²) in [7, 11) is 1.64. The van der Waals surface area contributed by atoms with Crippen molar-refractivity contribution in [2.45, 2.75) is 64.3 Å². The van der Waals surface area contributed by atoms with Gasteiger partial charge < -0.3 is 15.4 Å². The molecule has 4 heteroatoms. The molecule has 0 aromatic heterocycles. The fraction of sp³-hybridized carbons (Fsp3) is 0.938. The van der Waals surface area contributed by atoms with E-state index in [2.05, 4.69) is 17.6 Å². The van der Waals surface area contributed by atoms with Crippen molar-refractivity contribution in [3.05, 3.63) is 0 Å². The highest BCUT2D eigenvalue weighted by Gasteiger charge is 2.26. The standard InChI is InChI=1S/C16H32N2O2/c1-3-4-5-6-8-14-9-7-10-15(14)18-13-16(19)17-11-12-20-2/h14-15,18H,3-13H2,1-2H3,(H,17,19). The fourth-order valence-corrected chi connectivity index (χ4v) is 3.06. The second-order valence-corrected chi connectivity index (χ2v) is 5.87. The summed E-state index contributed by atoms with van der Waals surface area (Å²) in [6, 6.07) is 0.546. The molecule has 1 aliphatic rings. The van der Waals surface area contributed by atoms with E-state index in [-0.39, 0.29) is 5.91 Å². The number of hydrogen-bond donors (Lipinski definition) is 2. The monoisotopic (exact) mass is 284 g/mol. The van der Waals surface area contributed by atoms with Crippen molar-refractivity contribution >= 4 is 5.91 Å². The molecule has 0 radical (unpaired) electrons. The van der Waals surface area contributed by atoms with Crippen LogP contribution in [0.3, 0.4) is 0 Å². The molecule has 2 N–H and O–H groups in total. The number of carbonyl (C=O) groups excluding carboxylic acids is 1. The van der Waals surface area contributed by atoms with Crippen LogP contribution in [0, 0.1) is 5.92 Å². The van der Waals surface area contributed by atoms with Gasteiger partial charge >= 0.3 is 0 Å². The predicted octanol–water partition coefficient (Wildman–Crippen LogP) is 2.48. The van der Waals surface area contributed by atoms with Crippen molar-refractivity contribution in [3.63, 3.8) is 0 Å². The normalized spacial score (nSPS) is 22.1. The molecule has 0 aliphatic heterocycles. The number of methoxy groups -OCH3 is 1. The van der Waals surface area contributed by atoms with Crippen molar-refractivity contribution < 1.29 is 9.53 Å². The van der Waals surface area contributed by atoms with Gasteiger partial charge in [-0.2, -0.15) is 0 Å². The van der Waals surface area contributed by atoms with Gasteiger partial charge in [0.2, 0.25) is 5.91 Å². The van der Waals surface area contributed by atoms with Crippen LogP contribution in [0.4, 0.5) is 0 Å². The third-order valence-corrected chi connectivity index (χ3v) is 4.24. The number of hydrogen-bond acceptors (Lipinski definition) is 3. The maximum Gasteiger partial charge on any atom is 0.234 e. The van der Waals surface area contributed by atoms with Gasteiger partial charge in [0.1, 0.15) is 0 Å². The van der Waals surface area contributed by atoms with Gasteiger partial charge in [-0.05, 0) is 25.2 Å². The van der Waals surface area contributed by atoms with Crippen LogP contribution in [-0.2, 0) is 9.53 Å². The highest BCUT2D eigenvalue weighted by molar-refractivity contribution is 5.77. The molecule has 0 aromatic carbocycles. The Labute approximate surface area is 124 Å². The Morgan fingerprint density at radius 1 is 1.25 bits per heavy atom. The Morgan fingerprint density at radius 3 is 2.85 bits per heavy atom. The van der Waals surface area contributed by atoms with Gasteiger partial charge in [-0.1, -0.05) is 39.0 Å². The summed E-state index contributed by atoms with van der Waals surface area (Å²) >= 11 is 0. The van der Waals surface area contributed by atoms with Crippen molar-refractivity contribution in [3.8, 4) is 0 Å². The lowest BCUT2D eigenvalue weighted by molar-refractivity contribution is -0.120. The van der Waals surface area contributed by atoms with Gasteiger partial charge in [0, 0.05) is 19.7 Å². The average molecular weight is 284 g/mol. The fourth-order valence-electron chi connectivity index (χ4n) is 3.06. The summed E-state index contributed by atoms with van der Waals surface area (Å²) in [6.07, 6.45) is 10.5. The first kappa shape index (κ1) is 17.4. The zero-order chi connectivity index (χ0) is 14.6. The summed E-state index contributed by atoms with van der Waals surface area (Å²) in [4.78, 5) is 11.7. The minimum Gasteiger partial charge on any atom is -0.383 e. The van der Waals surface area contributed by atoms with Crippen LogP contribution < -0.4 is 10.6 Å². The molecule has 0 saturated heterocycles. The number of nitrogens with one attached hydrogen (secondary N) is 2. The van der Waals surface area contributed by atoms with Gasteiger partial charge in [-0.3, -0.25) is 4.79 Å². The van der Waals surface area contributed by atoms with Crippen LogP contribution in [-0.4, -0.2) is 38.8 Å². The number of unbranched alkanes of at least 4 members (excludes halogenated alkanes) is 3. The lowest BCUT2D eigenvalue weighted by atomic mass is 9.96. The van der Waals surface area contributed by atoms with Crippen LogP contribution in [0.2, 0.25) is 0 Å². The third-order valence-electron chi connectivity index (χ3n) is 4.24. The molecule has 0 heterocycles. The number of carbonyl (C=O) groups is 1. The van der Waals surface area contributed by atoms with Crippen molar-refractivity contribution in [2.24, 2.45) is 5.92 Å². The van der Waals surface area contributed by atoms with Crippen LogP contribution >= 0.6 is 0 Å². The van der Waals surface area contributed by atoms with Crippen molar-refractivity contribution in [1.29, 1.82) is 0 Å². The van der Waals surface area contributed by atoms with Crippen LogP contribution in [0.5, 0.6) is 0 Å². The first-order chi connectivity index (χ1) is 9.77. The zero-order valence-corrected chi connectivity index (χ0v) is 13.2. The number of amides is 1. The molecule has 1 fully saturated rings. The van der Waals surface area contributed by atoms with E-state index in [1.807, 2.05) is 0 Å². The molecule has 20 heavy (non-hydrogen) atoms. The largest absolute Gasteiger partial charge is 0.383 e. The van der Waals surface area contributed by atoms with E-state index < -0.39 is 0 Å². The summed E-state index contributed by atoms with van der Waals surface area (Å²) in [5.74, 6) is 0.859. The highest BCUT2D eigenvalue weighted by atomic mass is 16.5. The number of ether oxygens (including phenoxy) is 1. The van der Waals surface area contributed by atoms with E-state index in [0.29, 0.717) is 25.7 Å². The Bertz CT molecular complexity index is 259. The molecular weight excluding hydrogens is 252 g/mol. The van der Waals surface area contributed by atoms with E-state index in [0.717, 1.165) is 5.92 Å². The van der Waals surface area contributed by atoms with Gasteiger partial charge in [0.25, 0.3) is 0 Å². The maximum absolute atomic E-state index is 11.7. The van der Waals surface area contributed by atoms with Gasteiger partial charge in [-0.15, -0.1) is 0 Å². The molecule has 1 amide bonds. The van der Waals surface area contributed by atoms with Crippen LogP contribution in [0.25, 0.3) is 0 Å². The molecule has 0 bridgehead atoms. The lowest BCUT2D eigenvalue weighted by Crippen LogP contribution is -2.41. The van der Waals surface area contributed by atoms with E-state index in [4.69, 9.17) is 4.74 Å². The molecule has 2 unspecified atom stereocenters. The third kappa shape index (κ3) is 7.25. The summed E-state index contributed by atoms with van der Waals surface area (Å²) in [6.45, 7) is 3.87. The lowest BCUT2D eigenvalue weighted by Gasteiger charge is -2.20. The topological polar surface area (TPSA) is 50.4 Å². The molecule has 1 aliphatic carbocycles. The summed E-state index contributed by atoms with van der Waals surface area (Å²) in [5.41, 5.74) is 0. The van der Waals surface area contributed by atoms with Crippen molar-refractivity contribution in [1.82, 2.24) is 10.6 Å². The molecule has 4 nitrogen and oxygen atoms in total. The van der Waals surface area contributed by atoms with E-state index in [1.165, 1.54) is 51.4 Å². The molecular formula is C16H32N2O2. The highest BCUT2D eigenvalue weighted by Crippen LogP contribution is 2.30. The molecule has 1 rings (SSSR count). The Hall–Kier alpha value is -0.610. The molecule has 0 spiro atoms. The van der Waals surface area contributed by atoms with Crippen molar-refractivity contribution in [2.75, 3.05) is 26.8 Å². The minimum atomic E-state index is 0.0821. The number of rotatable bonds is 11. The molecule has 2 atom stereocenters. The quantitative estimate of drug-likeness (QED) is 0.573. The predicted molar refractivity (Wildman–Crippen MR) is 82.8 cm³/mol. The summed E-state index contributed by atoms with van der Waals surface area (Å²) in [5, 5.41) is 6.30. The Morgan fingerprint density at radius 2 is 2.10 bits per heavy atom. The minimum absolute atomic E-state index is 0.0821. The molecule has 1 saturated carbocycles. The zero-order valence-electron chi connectivity index (χ0n) is 13.2. The molecule has 118 valence electrons. The first-order valence-electron chi connectivity index (χ1n) is 8.27. The smallest absolute Gasteiger partial charge is 0.234 e. The van der Waals surface area contributed by atoms with Crippen LogP contribution in [0.15, 0.2) is 0 Å². The van der Waals surface area contributed by atoms with Crippen LogP contribution in [0.1, 0.15) is 58.3 Å². The molecule has 0 aromatic rings. The average Bonchev–Trinajstić information content (AvgIpc) is 2.89. The SMILES string of the molecule is CCCCCCC1CCCC1NCC(=O)NCCOC. The second kappa shape index (κ2) is 11.1.